The number of urea groups is 1. The van der Waals surface area contributed by atoms with Gasteiger partial charge in [-0.05, 0) is 46.9 Å². The van der Waals surface area contributed by atoms with E-state index in [9.17, 15) is 14.4 Å². The van der Waals surface area contributed by atoms with Crippen LogP contribution in [0.25, 0.3) is 11.3 Å². The normalized spacial score (nSPS) is 17.0. The standard InChI is InChI=1S/C29H33BrN6O5/c1-17(2)25(33-28(38)41-4)27(37)36-16-35(29(39)34-13-19-7-10-22(40-3)11-20(19)14-34)15-24(36)26-31-12-23(32-26)18-5-8-21(30)9-6-18/h5-12,17,24-25H,13-16H2,1-4H3,(H,31,32)(H,33,38)/t24?,25-/m0/s1. The lowest BCUT2D eigenvalue weighted by molar-refractivity contribution is -0.135. The molecule has 216 valence electrons. The Morgan fingerprint density at radius 3 is 2.46 bits per heavy atom. The molecule has 0 saturated carbocycles. The molecule has 2 atom stereocenters. The summed E-state index contributed by atoms with van der Waals surface area (Å²) < 4.78 is 11.1. The van der Waals surface area contributed by atoms with Crippen LogP contribution in [0.2, 0.25) is 0 Å². The third kappa shape index (κ3) is 5.88. The van der Waals surface area contributed by atoms with E-state index in [1.165, 1.54) is 7.11 Å². The number of imidazole rings is 1. The van der Waals surface area contributed by atoms with Crippen LogP contribution in [0.1, 0.15) is 36.8 Å². The molecule has 1 unspecified atom stereocenters. The van der Waals surface area contributed by atoms with Gasteiger partial charge in [0, 0.05) is 17.6 Å². The molecule has 0 bridgehead atoms. The van der Waals surface area contributed by atoms with E-state index >= 15 is 0 Å². The van der Waals surface area contributed by atoms with Crippen LogP contribution in [-0.4, -0.2) is 76.2 Å². The lowest BCUT2D eigenvalue weighted by atomic mass is 10.0. The Labute approximate surface area is 246 Å². The Balaban J connectivity index is 1.41. The third-order valence-electron chi connectivity index (χ3n) is 7.51. The van der Waals surface area contributed by atoms with Gasteiger partial charge < -0.3 is 34.5 Å². The zero-order chi connectivity index (χ0) is 29.3. The number of alkyl carbamates (subject to hydrolysis) is 1. The van der Waals surface area contributed by atoms with Gasteiger partial charge in [0.15, 0.2) is 0 Å². The topological polar surface area (TPSA) is 120 Å². The fraction of sp³-hybridized carbons (Fsp3) is 0.379. The predicted octanol–water partition coefficient (Wildman–Crippen LogP) is 4.51. The minimum atomic E-state index is -0.843. The van der Waals surface area contributed by atoms with Crippen molar-refractivity contribution >= 4 is 34.0 Å². The number of methoxy groups -OCH3 is 2. The minimum absolute atomic E-state index is 0.0545. The summed E-state index contributed by atoms with van der Waals surface area (Å²) in [4.78, 5) is 52.7. The number of hydrogen-bond acceptors (Lipinski definition) is 6. The molecular formula is C29H33BrN6O5. The van der Waals surface area contributed by atoms with Crippen LogP contribution in [0.15, 0.2) is 53.1 Å². The number of halogens is 1. The number of benzene rings is 2. The molecule has 2 aliphatic heterocycles. The van der Waals surface area contributed by atoms with E-state index in [2.05, 4.69) is 31.2 Å². The van der Waals surface area contributed by atoms with E-state index in [1.807, 2.05) is 56.3 Å². The van der Waals surface area contributed by atoms with Gasteiger partial charge in [-0.3, -0.25) is 4.79 Å². The first kappa shape index (κ1) is 28.5. The molecule has 1 aromatic heterocycles. The maximum atomic E-state index is 13.9. The van der Waals surface area contributed by atoms with Crippen molar-refractivity contribution in [3.63, 3.8) is 0 Å². The molecule has 3 heterocycles. The highest BCUT2D eigenvalue weighted by Crippen LogP contribution is 2.33. The van der Waals surface area contributed by atoms with Crippen molar-refractivity contribution in [1.29, 1.82) is 0 Å². The number of hydrogen-bond donors (Lipinski definition) is 2. The Bertz CT molecular complexity index is 1440. The summed E-state index contributed by atoms with van der Waals surface area (Å²) in [5, 5.41) is 2.66. The zero-order valence-corrected chi connectivity index (χ0v) is 25.0. The molecule has 1 fully saturated rings. The number of nitrogens with zero attached hydrogens (tertiary/aromatic N) is 4. The molecule has 0 spiro atoms. The monoisotopic (exact) mass is 624 g/mol. The highest BCUT2D eigenvalue weighted by molar-refractivity contribution is 9.10. The fourth-order valence-corrected chi connectivity index (χ4v) is 5.50. The minimum Gasteiger partial charge on any atom is -0.497 e. The molecule has 5 rings (SSSR count). The van der Waals surface area contributed by atoms with Gasteiger partial charge in [0.1, 0.15) is 23.7 Å². The van der Waals surface area contributed by atoms with Crippen molar-refractivity contribution in [3.05, 3.63) is 70.1 Å². The second-order valence-corrected chi connectivity index (χ2v) is 11.4. The Hall–Kier alpha value is -4.06. The molecule has 0 aliphatic carbocycles. The van der Waals surface area contributed by atoms with Gasteiger partial charge in [-0.25, -0.2) is 14.6 Å². The van der Waals surface area contributed by atoms with Crippen LogP contribution in [-0.2, 0) is 22.6 Å². The Morgan fingerprint density at radius 1 is 1.05 bits per heavy atom. The van der Waals surface area contributed by atoms with Crippen molar-refractivity contribution in [3.8, 4) is 17.0 Å². The van der Waals surface area contributed by atoms with Crippen molar-refractivity contribution in [2.75, 3.05) is 27.4 Å². The summed E-state index contributed by atoms with van der Waals surface area (Å²) in [5.74, 6) is 0.765. The number of nitrogens with one attached hydrogen (secondary N) is 2. The molecule has 2 aliphatic rings. The van der Waals surface area contributed by atoms with E-state index in [-0.39, 0.29) is 31.1 Å². The number of carbonyl (C=O) groups is 3. The maximum absolute atomic E-state index is 13.9. The summed E-state index contributed by atoms with van der Waals surface area (Å²) in [6, 6.07) is 12.1. The van der Waals surface area contributed by atoms with E-state index in [1.54, 1.807) is 28.0 Å². The summed E-state index contributed by atoms with van der Waals surface area (Å²) >= 11 is 3.46. The zero-order valence-electron chi connectivity index (χ0n) is 23.4. The maximum Gasteiger partial charge on any atom is 0.407 e. The molecule has 41 heavy (non-hydrogen) atoms. The van der Waals surface area contributed by atoms with E-state index in [4.69, 9.17) is 9.47 Å². The van der Waals surface area contributed by atoms with Crippen molar-refractivity contribution < 1.29 is 23.9 Å². The number of carbonyl (C=O) groups excluding carboxylic acids is 3. The number of fused-ring (bicyclic) bond motifs is 1. The molecule has 4 amide bonds. The molecule has 3 aromatic rings. The number of amides is 4. The smallest absolute Gasteiger partial charge is 0.407 e. The first-order valence-electron chi connectivity index (χ1n) is 13.3. The van der Waals surface area contributed by atoms with Gasteiger partial charge in [0.05, 0.1) is 39.3 Å². The van der Waals surface area contributed by atoms with Gasteiger partial charge in [0.25, 0.3) is 0 Å². The molecule has 0 radical (unpaired) electrons. The number of aromatic nitrogens is 2. The van der Waals surface area contributed by atoms with E-state index in [0.717, 1.165) is 32.6 Å². The number of H-pyrrole nitrogens is 1. The fourth-order valence-electron chi connectivity index (χ4n) is 5.24. The lowest BCUT2D eigenvalue weighted by Crippen LogP contribution is -2.52. The van der Waals surface area contributed by atoms with Gasteiger partial charge in [0.2, 0.25) is 5.91 Å². The lowest BCUT2D eigenvalue weighted by Gasteiger charge is -2.29. The van der Waals surface area contributed by atoms with Crippen LogP contribution in [0.4, 0.5) is 9.59 Å². The van der Waals surface area contributed by atoms with Crippen LogP contribution >= 0.6 is 15.9 Å². The molecular weight excluding hydrogens is 592 g/mol. The van der Waals surface area contributed by atoms with E-state index < -0.39 is 18.2 Å². The van der Waals surface area contributed by atoms with E-state index in [0.29, 0.717) is 18.9 Å². The second kappa shape index (κ2) is 11.8. The first-order chi connectivity index (χ1) is 19.7. The first-order valence-corrected chi connectivity index (χ1v) is 14.1. The number of aromatic amines is 1. The van der Waals surface area contributed by atoms with Crippen LogP contribution in [0, 0.1) is 5.92 Å². The Kier molecular flexibility index (Phi) is 8.20. The highest BCUT2D eigenvalue weighted by Gasteiger charge is 2.43. The van der Waals surface area contributed by atoms with Crippen molar-refractivity contribution in [1.82, 2.24) is 30.0 Å². The van der Waals surface area contributed by atoms with Crippen LogP contribution in [0.5, 0.6) is 5.75 Å². The molecule has 1 saturated heterocycles. The number of rotatable bonds is 6. The van der Waals surface area contributed by atoms with Crippen molar-refractivity contribution in [2.24, 2.45) is 5.92 Å². The quantitative estimate of drug-likeness (QED) is 0.416. The summed E-state index contributed by atoms with van der Waals surface area (Å²) in [5.41, 5.74) is 3.83. The van der Waals surface area contributed by atoms with Crippen LogP contribution in [0.3, 0.4) is 0 Å². The van der Waals surface area contributed by atoms with Gasteiger partial charge in [-0.15, -0.1) is 0 Å². The van der Waals surface area contributed by atoms with Crippen LogP contribution < -0.4 is 10.1 Å². The molecule has 2 N–H and O–H groups in total. The average Bonchev–Trinajstić information content (AvgIpc) is 3.73. The largest absolute Gasteiger partial charge is 0.497 e. The average molecular weight is 626 g/mol. The number of ether oxygens (including phenoxy) is 2. The van der Waals surface area contributed by atoms with Gasteiger partial charge in [-0.1, -0.05) is 48.0 Å². The molecule has 11 nitrogen and oxygen atoms in total. The third-order valence-corrected chi connectivity index (χ3v) is 8.04. The van der Waals surface area contributed by atoms with Gasteiger partial charge in [-0.2, -0.15) is 0 Å². The Morgan fingerprint density at radius 2 is 1.78 bits per heavy atom. The second-order valence-electron chi connectivity index (χ2n) is 10.5. The predicted molar refractivity (Wildman–Crippen MR) is 155 cm³/mol. The van der Waals surface area contributed by atoms with Gasteiger partial charge >= 0.3 is 12.1 Å². The summed E-state index contributed by atoms with van der Waals surface area (Å²) in [6.45, 7) is 4.92. The SMILES string of the molecule is COC(=O)N[C@H](C(=O)N1CN(C(=O)N2Cc3ccc(OC)cc3C2)CC1c1ncc(-c2ccc(Br)cc2)[nH]1)C(C)C. The summed E-state index contributed by atoms with van der Waals surface area (Å²) in [6.07, 6.45) is 1.03. The molecule has 2 aromatic carbocycles. The highest BCUT2D eigenvalue weighted by atomic mass is 79.9. The molecule has 12 heteroatoms. The van der Waals surface area contributed by atoms with Crippen molar-refractivity contribution in [2.45, 2.75) is 39.0 Å². The summed E-state index contributed by atoms with van der Waals surface area (Å²) in [7, 11) is 2.87.